The van der Waals surface area contributed by atoms with Crippen molar-refractivity contribution < 1.29 is 4.74 Å². The smallest absolute Gasteiger partial charge is 0.225 e. The number of aryl methyl sites for hydroxylation is 3. The van der Waals surface area contributed by atoms with E-state index < -0.39 is 0 Å². The highest BCUT2D eigenvalue weighted by Crippen LogP contribution is 2.35. The predicted octanol–water partition coefficient (Wildman–Crippen LogP) is 6.23. The first kappa shape index (κ1) is 20.3. The fourth-order valence-corrected chi connectivity index (χ4v) is 3.69. The Morgan fingerprint density at radius 3 is 2.31 bits per heavy atom. The highest BCUT2D eigenvalue weighted by Gasteiger charge is 2.17. The van der Waals surface area contributed by atoms with Gasteiger partial charge in [-0.15, -0.1) is 0 Å². The minimum absolute atomic E-state index is 0.250. The van der Waals surface area contributed by atoms with Gasteiger partial charge in [-0.1, -0.05) is 29.8 Å². The molecule has 0 aliphatic carbocycles. The molecule has 4 nitrogen and oxygen atoms in total. The van der Waals surface area contributed by atoms with E-state index in [0.29, 0.717) is 11.9 Å². The van der Waals surface area contributed by atoms with E-state index in [1.807, 2.05) is 39.0 Å². The molecule has 0 spiro atoms. The van der Waals surface area contributed by atoms with Crippen molar-refractivity contribution in [3.63, 3.8) is 0 Å². The van der Waals surface area contributed by atoms with E-state index in [1.54, 1.807) is 0 Å². The summed E-state index contributed by atoms with van der Waals surface area (Å²) in [5.41, 5.74) is 4.67. The van der Waals surface area contributed by atoms with Crippen LogP contribution in [0.1, 0.15) is 49.1 Å². The zero-order valence-electron chi connectivity index (χ0n) is 16.1. The van der Waals surface area contributed by atoms with Gasteiger partial charge >= 0.3 is 0 Å². The van der Waals surface area contributed by atoms with Crippen LogP contribution in [0.15, 0.2) is 22.7 Å². The van der Waals surface area contributed by atoms with E-state index in [2.05, 4.69) is 46.1 Å². The van der Waals surface area contributed by atoms with E-state index in [4.69, 9.17) is 4.74 Å². The molecule has 1 aromatic heterocycles. The minimum atomic E-state index is 0.250. The number of aromatic nitrogens is 1. The third-order valence-corrected chi connectivity index (χ3v) is 4.90. The molecule has 0 amide bonds. The lowest BCUT2D eigenvalue weighted by Gasteiger charge is -2.21. The highest BCUT2D eigenvalue weighted by molar-refractivity contribution is 9.10. The monoisotopic (exact) mass is 415 g/mol. The van der Waals surface area contributed by atoms with E-state index in [1.165, 1.54) is 0 Å². The number of hydrogen-bond donors (Lipinski definition) is 1. The van der Waals surface area contributed by atoms with Crippen molar-refractivity contribution in [2.24, 2.45) is 0 Å². The molecule has 2 aromatic rings. The standard InChI is InChI=1S/C21H26BrN3O/c1-6-17(7-2)25-19-12-15(5)24-21(18(19)8-9-23)26-20-13(3)10-16(22)11-14(20)4/h10-12,17H,6-8H2,1-5H3,(H,24,25). The molecule has 5 heteroatoms. The maximum absolute atomic E-state index is 9.33. The number of hydrogen-bond acceptors (Lipinski definition) is 4. The van der Waals surface area contributed by atoms with Gasteiger partial charge in [0.1, 0.15) is 5.75 Å². The lowest BCUT2D eigenvalue weighted by atomic mass is 10.1. The minimum Gasteiger partial charge on any atom is -0.438 e. The quantitative estimate of drug-likeness (QED) is 0.582. The Labute approximate surface area is 164 Å². The Kier molecular flexibility index (Phi) is 7.05. The maximum atomic E-state index is 9.33. The first-order valence-electron chi connectivity index (χ1n) is 8.98. The number of nitrogens with zero attached hydrogens (tertiary/aromatic N) is 2. The fourth-order valence-electron chi connectivity index (χ4n) is 3.00. The van der Waals surface area contributed by atoms with Crippen LogP contribution < -0.4 is 10.1 Å². The molecular weight excluding hydrogens is 390 g/mol. The molecule has 1 N–H and O–H groups in total. The Balaban J connectivity index is 2.51. The predicted molar refractivity (Wildman–Crippen MR) is 110 cm³/mol. The number of nitrogens with one attached hydrogen (secondary N) is 1. The third-order valence-electron chi connectivity index (χ3n) is 4.44. The van der Waals surface area contributed by atoms with Gasteiger partial charge in [0, 0.05) is 21.9 Å². The molecule has 0 atom stereocenters. The van der Waals surface area contributed by atoms with E-state index in [-0.39, 0.29) is 6.42 Å². The lowest BCUT2D eigenvalue weighted by molar-refractivity contribution is 0.450. The SMILES string of the molecule is CCC(CC)Nc1cc(C)nc(Oc2c(C)cc(Br)cc2C)c1CC#N. The van der Waals surface area contributed by atoms with Gasteiger partial charge in [0.2, 0.25) is 5.88 Å². The highest BCUT2D eigenvalue weighted by atomic mass is 79.9. The molecule has 1 aromatic carbocycles. The van der Waals surface area contributed by atoms with Crippen LogP contribution in [0.2, 0.25) is 0 Å². The molecule has 0 aliphatic rings. The summed E-state index contributed by atoms with van der Waals surface area (Å²) in [6.07, 6.45) is 2.29. The summed E-state index contributed by atoms with van der Waals surface area (Å²) in [6.45, 7) is 10.3. The second-order valence-electron chi connectivity index (χ2n) is 6.56. The van der Waals surface area contributed by atoms with Gasteiger partial charge in [-0.25, -0.2) is 4.98 Å². The summed E-state index contributed by atoms with van der Waals surface area (Å²) in [6, 6.07) is 8.65. The van der Waals surface area contributed by atoms with E-state index >= 15 is 0 Å². The first-order valence-corrected chi connectivity index (χ1v) is 9.77. The van der Waals surface area contributed by atoms with Gasteiger partial charge in [-0.05, 0) is 62.9 Å². The molecule has 0 bridgehead atoms. The summed E-state index contributed by atoms with van der Waals surface area (Å²) < 4.78 is 7.24. The van der Waals surface area contributed by atoms with Crippen LogP contribution in [0.25, 0.3) is 0 Å². The van der Waals surface area contributed by atoms with Crippen molar-refractivity contribution >= 4 is 21.6 Å². The molecule has 0 radical (unpaired) electrons. The summed E-state index contributed by atoms with van der Waals surface area (Å²) in [7, 11) is 0. The first-order chi connectivity index (χ1) is 12.4. The van der Waals surface area contributed by atoms with Crippen molar-refractivity contribution in [3.8, 4) is 17.7 Å². The number of halogens is 1. The molecule has 0 unspecified atom stereocenters. The summed E-state index contributed by atoms with van der Waals surface area (Å²) in [5.74, 6) is 1.30. The fraction of sp³-hybridized carbons (Fsp3) is 0.429. The summed E-state index contributed by atoms with van der Waals surface area (Å²) in [5, 5.41) is 12.9. The molecule has 2 rings (SSSR count). The molecule has 138 valence electrons. The van der Waals surface area contributed by atoms with Gasteiger partial charge < -0.3 is 10.1 Å². The lowest BCUT2D eigenvalue weighted by Crippen LogP contribution is -2.18. The second kappa shape index (κ2) is 9.05. The largest absolute Gasteiger partial charge is 0.438 e. The number of rotatable bonds is 7. The van der Waals surface area contributed by atoms with Crippen LogP contribution in [0.4, 0.5) is 5.69 Å². The van der Waals surface area contributed by atoms with Crippen molar-refractivity contribution in [1.29, 1.82) is 5.26 Å². The van der Waals surface area contributed by atoms with Gasteiger partial charge in [0.05, 0.1) is 18.1 Å². The number of nitriles is 1. The van der Waals surface area contributed by atoms with Crippen molar-refractivity contribution in [3.05, 3.63) is 45.1 Å². The number of pyridine rings is 1. The Hall–Kier alpha value is -2.06. The van der Waals surface area contributed by atoms with Crippen molar-refractivity contribution in [1.82, 2.24) is 4.98 Å². The zero-order valence-corrected chi connectivity index (χ0v) is 17.7. The number of benzene rings is 1. The molecule has 1 heterocycles. The number of ether oxygens (including phenoxy) is 1. The van der Waals surface area contributed by atoms with Gasteiger partial charge in [0.25, 0.3) is 0 Å². The van der Waals surface area contributed by atoms with Gasteiger partial charge in [-0.3, -0.25) is 0 Å². The van der Waals surface area contributed by atoms with Crippen LogP contribution >= 0.6 is 15.9 Å². The molecular formula is C21H26BrN3O. The molecule has 0 saturated carbocycles. The van der Waals surface area contributed by atoms with Crippen molar-refractivity contribution in [2.75, 3.05) is 5.32 Å². The van der Waals surface area contributed by atoms with E-state index in [9.17, 15) is 5.26 Å². The topological polar surface area (TPSA) is 57.9 Å². The second-order valence-corrected chi connectivity index (χ2v) is 7.47. The normalized spacial score (nSPS) is 10.7. The van der Waals surface area contributed by atoms with Crippen LogP contribution in [0.5, 0.6) is 11.6 Å². The maximum Gasteiger partial charge on any atom is 0.225 e. The van der Waals surface area contributed by atoms with Gasteiger partial charge in [0.15, 0.2) is 0 Å². The molecule has 0 saturated heterocycles. The number of anilines is 1. The third kappa shape index (κ3) is 4.76. The zero-order chi connectivity index (χ0) is 19.3. The average Bonchev–Trinajstić information content (AvgIpc) is 2.58. The van der Waals surface area contributed by atoms with Crippen LogP contribution in [-0.4, -0.2) is 11.0 Å². The average molecular weight is 416 g/mol. The summed E-state index contributed by atoms with van der Waals surface area (Å²) >= 11 is 3.51. The van der Waals surface area contributed by atoms with Crippen molar-refractivity contribution in [2.45, 2.75) is 59.9 Å². The molecule has 0 aliphatic heterocycles. The van der Waals surface area contributed by atoms with Crippen LogP contribution in [0.3, 0.4) is 0 Å². The summed E-state index contributed by atoms with van der Waals surface area (Å²) in [4.78, 5) is 4.59. The molecule has 0 fully saturated rings. The van der Waals surface area contributed by atoms with E-state index in [0.717, 1.165) is 51.1 Å². The Morgan fingerprint density at radius 2 is 1.77 bits per heavy atom. The molecule has 26 heavy (non-hydrogen) atoms. The van der Waals surface area contributed by atoms with Crippen LogP contribution in [-0.2, 0) is 6.42 Å². The van der Waals surface area contributed by atoms with Crippen LogP contribution in [0, 0.1) is 32.1 Å². The Morgan fingerprint density at radius 1 is 1.15 bits per heavy atom. The van der Waals surface area contributed by atoms with Gasteiger partial charge in [-0.2, -0.15) is 5.26 Å². The Bertz CT molecular complexity index is 800.